The average molecular weight is 146 g/mol. The summed E-state index contributed by atoms with van der Waals surface area (Å²) in [6, 6.07) is 0. The maximum absolute atomic E-state index is 9.70. The fraction of sp³-hybridized carbons (Fsp3) is 0.875. The van der Waals surface area contributed by atoms with Gasteiger partial charge in [0.25, 0.3) is 0 Å². The van der Waals surface area contributed by atoms with E-state index in [4.69, 9.17) is 5.11 Å². The molecule has 0 amide bonds. The molecule has 0 fully saturated rings. The first kappa shape index (κ1) is 12.2. The molecule has 2 heteroatoms. The van der Waals surface area contributed by atoms with Crippen LogP contribution in [0.4, 0.5) is 0 Å². The van der Waals surface area contributed by atoms with Crippen molar-refractivity contribution < 1.29 is 9.90 Å². The minimum atomic E-state index is -0.741. The van der Waals surface area contributed by atoms with Crippen molar-refractivity contribution in [1.29, 1.82) is 0 Å². The highest BCUT2D eigenvalue weighted by Crippen LogP contribution is 1.87. The number of carboxylic acid groups (broad SMARTS) is 1. The van der Waals surface area contributed by atoms with Crippen molar-refractivity contribution in [3.8, 4) is 0 Å². The largest absolute Gasteiger partial charge is 0.481 e. The Morgan fingerprint density at radius 3 is 1.20 bits per heavy atom. The van der Waals surface area contributed by atoms with E-state index in [1.807, 2.05) is 0 Å². The summed E-state index contributed by atoms with van der Waals surface area (Å²) in [5, 5.41) is 7.99. The third-order valence-corrected chi connectivity index (χ3v) is 0.494. The van der Waals surface area contributed by atoms with Crippen molar-refractivity contribution in [3.05, 3.63) is 0 Å². The summed E-state index contributed by atoms with van der Waals surface area (Å²) in [7, 11) is 0. The van der Waals surface area contributed by atoms with Gasteiger partial charge in [-0.15, -0.1) is 0 Å². The molecule has 2 nitrogen and oxygen atoms in total. The predicted molar refractivity (Wildman–Crippen MR) is 43.0 cm³/mol. The van der Waals surface area contributed by atoms with Crippen molar-refractivity contribution in [2.75, 3.05) is 0 Å². The number of carboxylic acids is 1. The molecule has 1 N–H and O–H groups in total. The molecule has 0 atom stereocenters. The van der Waals surface area contributed by atoms with Gasteiger partial charge in [0.2, 0.25) is 0 Å². The molecule has 0 aromatic rings. The van der Waals surface area contributed by atoms with Crippen molar-refractivity contribution in [1.82, 2.24) is 0 Å². The summed E-state index contributed by atoms with van der Waals surface area (Å²) in [4.78, 5) is 9.70. The van der Waals surface area contributed by atoms with Gasteiger partial charge in [0.1, 0.15) is 0 Å². The van der Waals surface area contributed by atoms with Gasteiger partial charge >= 0.3 is 5.97 Å². The minimum absolute atomic E-state index is 0.231. The van der Waals surface area contributed by atoms with E-state index >= 15 is 0 Å². The lowest BCUT2D eigenvalue weighted by Gasteiger charge is -1.89. The second-order valence-electron chi connectivity index (χ2n) is 3.22. The molecular weight excluding hydrogens is 128 g/mol. The Morgan fingerprint density at radius 1 is 1.10 bits per heavy atom. The van der Waals surface area contributed by atoms with Crippen molar-refractivity contribution >= 4 is 5.97 Å². The van der Waals surface area contributed by atoms with Gasteiger partial charge in [-0.2, -0.15) is 0 Å². The molecule has 0 aliphatic rings. The Labute approximate surface area is 63.3 Å². The van der Waals surface area contributed by atoms with Crippen molar-refractivity contribution in [2.24, 2.45) is 11.8 Å². The average Bonchev–Trinajstić information content (AvgIpc) is 1.63. The fourth-order valence-electron chi connectivity index (χ4n) is 0. The molecule has 0 bridgehead atoms. The molecule has 0 aromatic heterocycles. The molecule has 62 valence electrons. The topological polar surface area (TPSA) is 37.3 Å². The van der Waals surface area contributed by atoms with Gasteiger partial charge in [-0.25, -0.2) is 0 Å². The number of aliphatic carboxylic acids is 1. The molecule has 0 heterocycles. The maximum Gasteiger partial charge on any atom is 0.305 e. The Morgan fingerprint density at radius 2 is 1.20 bits per heavy atom. The number of rotatable bonds is 1. The van der Waals surface area contributed by atoms with Crippen LogP contribution < -0.4 is 0 Å². The highest BCUT2D eigenvalue weighted by molar-refractivity contribution is 5.68. The number of carbonyl (C=O) groups is 1. The van der Waals surface area contributed by atoms with Crippen LogP contribution in [0.25, 0.3) is 0 Å². The summed E-state index contributed by atoms with van der Waals surface area (Å²) < 4.78 is 0. The number of hydrogen-bond donors (Lipinski definition) is 1. The van der Waals surface area contributed by atoms with Crippen LogP contribution in [0.1, 0.15) is 34.6 Å². The summed E-state index contributed by atoms with van der Waals surface area (Å²) in [5.74, 6) is -0.139. The molecule has 0 aliphatic heterocycles. The van der Waals surface area contributed by atoms with Crippen LogP contribution in [-0.4, -0.2) is 11.1 Å². The van der Waals surface area contributed by atoms with Crippen LogP contribution in [0.5, 0.6) is 0 Å². The molecule has 0 saturated carbocycles. The van der Waals surface area contributed by atoms with E-state index in [2.05, 4.69) is 20.8 Å². The standard InChI is InChI=1S/C4H8O2.C4H10/c1-3(2)4(5)6;1-4(2)3/h3H,1-2H3,(H,5,6);4H,1-3H3. The van der Waals surface area contributed by atoms with E-state index in [1.54, 1.807) is 13.8 Å². The monoisotopic (exact) mass is 146 g/mol. The quantitative estimate of drug-likeness (QED) is 0.616. The molecule has 0 saturated heterocycles. The van der Waals surface area contributed by atoms with E-state index < -0.39 is 5.97 Å². The zero-order valence-electron chi connectivity index (χ0n) is 7.51. The molecule has 0 aliphatic carbocycles. The Balaban J connectivity index is 0. The van der Waals surface area contributed by atoms with Crippen LogP contribution in [-0.2, 0) is 4.79 Å². The van der Waals surface area contributed by atoms with Gasteiger partial charge in [0.15, 0.2) is 0 Å². The summed E-state index contributed by atoms with van der Waals surface area (Å²) >= 11 is 0. The molecule has 0 spiro atoms. The zero-order chi connectivity index (χ0) is 8.73. The van der Waals surface area contributed by atoms with E-state index in [-0.39, 0.29) is 5.92 Å². The first-order valence-electron chi connectivity index (χ1n) is 3.60. The summed E-state index contributed by atoms with van der Waals surface area (Å²) in [6.45, 7) is 9.78. The maximum atomic E-state index is 9.70. The Bertz CT molecular complexity index is 82.5. The van der Waals surface area contributed by atoms with Gasteiger partial charge in [0, 0.05) is 0 Å². The van der Waals surface area contributed by atoms with Gasteiger partial charge < -0.3 is 5.11 Å². The summed E-state index contributed by atoms with van der Waals surface area (Å²) in [5.41, 5.74) is 0. The normalized spacial score (nSPS) is 9.10. The van der Waals surface area contributed by atoms with Crippen LogP contribution >= 0.6 is 0 Å². The Kier molecular flexibility index (Phi) is 8.02. The van der Waals surface area contributed by atoms with Crippen molar-refractivity contribution in [3.63, 3.8) is 0 Å². The third-order valence-electron chi connectivity index (χ3n) is 0.494. The van der Waals surface area contributed by atoms with Crippen LogP contribution in [0.15, 0.2) is 0 Å². The fourth-order valence-corrected chi connectivity index (χ4v) is 0. The molecule has 0 radical (unpaired) electrons. The first-order chi connectivity index (χ1) is 4.37. The second-order valence-corrected chi connectivity index (χ2v) is 3.22. The lowest BCUT2D eigenvalue weighted by molar-refractivity contribution is -0.140. The Hall–Kier alpha value is -0.530. The highest BCUT2D eigenvalue weighted by Gasteiger charge is 1.99. The molecule has 0 rings (SSSR count). The third kappa shape index (κ3) is 26.0. The second kappa shape index (κ2) is 6.59. The lowest BCUT2D eigenvalue weighted by atomic mass is 10.2. The SMILES string of the molecule is CC(C)C.CC(C)C(=O)O. The minimum Gasteiger partial charge on any atom is -0.481 e. The molecule has 10 heavy (non-hydrogen) atoms. The van der Waals surface area contributed by atoms with Crippen LogP contribution in [0.3, 0.4) is 0 Å². The molecular formula is C8H18O2. The smallest absolute Gasteiger partial charge is 0.305 e. The highest BCUT2D eigenvalue weighted by atomic mass is 16.4. The number of hydrogen-bond acceptors (Lipinski definition) is 1. The predicted octanol–water partition coefficient (Wildman–Crippen LogP) is 2.39. The summed E-state index contributed by atoms with van der Waals surface area (Å²) in [6.07, 6.45) is 0. The zero-order valence-corrected chi connectivity index (χ0v) is 7.51. The van der Waals surface area contributed by atoms with Crippen LogP contribution in [0.2, 0.25) is 0 Å². The van der Waals surface area contributed by atoms with Gasteiger partial charge in [-0.05, 0) is 5.92 Å². The van der Waals surface area contributed by atoms with Crippen LogP contribution in [0, 0.1) is 11.8 Å². The van der Waals surface area contributed by atoms with E-state index in [9.17, 15) is 4.79 Å². The molecule has 0 unspecified atom stereocenters. The van der Waals surface area contributed by atoms with Gasteiger partial charge in [-0.3, -0.25) is 4.79 Å². The van der Waals surface area contributed by atoms with E-state index in [0.717, 1.165) is 5.92 Å². The molecule has 0 aromatic carbocycles. The first-order valence-corrected chi connectivity index (χ1v) is 3.60. The van der Waals surface area contributed by atoms with E-state index in [1.165, 1.54) is 0 Å². The van der Waals surface area contributed by atoms with Crippen molar-refractivity contribution in [2.45, 2.75) is 34.6 Å². The van der Waals surface area contributed by atoms with Gasteiger partial charge in [-0.1, -0.05) is 34.6 Å². The lowest BCUT2D eigenvalue weighted by Crippen LogP contribution is -2.03. The van der Waals surface area contributed by atoms with E-state index in [0.29, 0.717) is 0 Å². The van der Waals surface area contributed by atoms with Gasteiger partial charge in [0.05, 0.1) is 5.92 Å².